The SMILES string of the molecule is [2H]c1c([2H])c2c([2H])ccc3c4cccc5cccc(c(c1[2H])c23)c54. The number of fused-ring (bicyclic) bond motifs is 2. The van der Waals surface area contributed by atoms with Gasteiger partial charge >= 0.3 is 0 Å². The molecule has 0 amide bonds. The van der Waals surface area contributed by atoms with Crippen molar-refractivity contribution in [2.45, 2.75) is 0 Å². The topological polar surface area (TPSA) is 0 Å². The molecule has 0 spiro atoms. The van der Waals surface area contributed by atoms with Crippen LogP contribution in [0.4, 0.5) is 0 Å². The van der Waals surface area contributed by atoms with Crippen molar-refractivity contribution in [2.24, 2.45) is 0 Å². The van der Waals surface area contributed by atoms with Crippen molar-refractivity contribution in [3.8, 4) is 0 Å². The highest BCUT2D eigenvalue weighted by Gasteiger charge is 2.11. The van der Waals surface area contributed by atoms with Crippen LogP contribution in [0.5, 0.6) is 0 Å². The Kier molecular flexibility index (Phi) is 1.26. The van der Waals surface area contributed by atoms with Gasteiger partial charge in [0, 0.05) is 0 Å². The number of rotatable bonds is 0. The molecule has 0 nitrogen and oxygen atoms in total. The zero-order valence-corrected chi connectivity index (χ0v) is 10.6. The summed E-state index contributed by atoms with van der Waals surface area (Å²) in [4.78, 5) is 0. The van der Waals surface area contributed by atoms with E-state index in [4.69, 9.17) is 5.48 Å². The molecule has 0 bridgehead atoms. The molecule has 0 aliphatic carbocycles. The fourth-order valence-corrected chi connectivity index (χ4v) is 3.28. The van der Waals surface area contributed by atoms with E-state index in [9.17, 15) is 0 Å². The minimum atomic E-state index is -0.112. The highest BCUT2D eigenvalue weighted by Crippen LogP contribution is 2.39. The molecule has 0 aliphatic heterocycles. The first kappa shape index (κ1) is 7.25. The summed E-state index contributed by atoms with van der Waals surface area (Å²) in [6, 6.07) is 15.8. The van der Waals surface area contributed by atoms with Gasteiger partial charge in [-0.15, -0.1) is 0 Å². The van der Waals surface area contributed by atoms with E-state index < -0.39 is 0 Å². The first-order valence-corrected chi connectivity index (χ1v) is 6.65. The van der Waals surface area contributed by atoms with Crippen molar-refractivity contribution in [2.75, 3.05) is 0 Å². The van der Waals surface area contributed by atoms with Gasteiger partial charge in [-0.3, -0.25) is 0 Å². The fourth-order valence-electron chi connectivity index (χ4n) is 3.28. The molecule has 0 saturated carbocycles. The highest BCUT2D eigenvalue weighted by atomic mass is 14.1. The Labute approximate surface area is 122 Å². The van der Waals surface area contributed by atoms with E-state index in [1.54, 1.807) is 6.07 Å². The van der Waals surface area contributed by atoms with Crippen molar-refractivity contribution in [1.29, 1.82) is 0 Å². The zero-order chi connectivity index (χ0) is 16.6. The summed E-state index contributed by atoms with van der Waals surface area (Å²) in [6.45, 7) is 0. The molecule has 5 aromatic rings. The second-order valence-corrected chi connectivity index (χ2v) is 5.10. The molecule has 0 radical (unpaired) electrons. The Morgan fingerprint density at radius 1 is 0.550 bits per heavy atom. The van der Waals surface area contributed by atoms with Crippen molar-refractivity contribution in [3.05, 3.63) is 72.7 Å². The minimum Gasteiger partial charge on any atom is -0.0610 e. The normalized spacial score (nSPS) is 14.8. The molecule has 0 N–H and O–H groups in total. The summed E-state index contributed by atoms with van der Waals surface area (Å²) in [5, 5.41) is 7.02. The van der Waals surface area contributed by atoms with Gasteiger partial charge in [-0.25, -0.2) is 0 Å². The zero-order valence-electron chi connectivity index (χ0n) is 14.6. The molecule has 92 valence electrons. The van der Waals surface area contributed by atoms with Gasteiger partial charge in [-0.05, 0) is 43.1 Å². The lowest BCUT2D eigenvalue weighted by Crippen LogP contribution is -1.85. The second kappa shape index (κ2) is 3.49. The highest BCUT2D eigenvalue weighted by molar-refractivity contribution is 6.32. The summed E-state index contributed by atoms with van der Waals surface area (Å²) < 4.78 is 33.1. The Bertz CT molecular complexity index is 1280. The van der Waals surface area contributed by atoms with Gasteiger partial charge in [-0.2, -0.15) is 0 Å². The summed E-state index contributed by atoms with van der Waals surface area (Å²) >= 11 is 0. The summed E-state index contributed by atoms with van der Waals surface area (Å²) in [6.07, 6.45) is 0. The Morgan fingerprint density at radius 2 is 1.20 bits per heavy atom. The summed E-state index contributed by atoms with van der Waals surface area (Å²) in [7, 11) is 0. The van der Waals surface area contributed by atoms with Crippen molar-refractivity contribution >= 4 is 43.1 Å². The average Bonchev–Trinajstić information content (AvgIpc) is 2.59. The third kappa shape index (κ3) is 1.12. The van der Waals surface area contributed by atoms with Crippen LogP contribution in [0.15, 0.2) is 72.7 Å². The largest absolute Gasteiger partial charge is 0.0629 e. The van der Waals surface area contributed by atoms with Gasteiger partial charge in [0.05, 0.1) is 5.48 Å². The van der Waals surface area contributed by atoms with Crippen LogP contribution in [-0.2, 0) is 0 Å². The lowest BCUT2D eigenvalue weighted by Gasteiger charge is -2.13. The Hall–Kier alpha value is -2.60. The second-order valence-electron chi connectivity index (χ2n) is 5.10. The van der Waals surface area contributed by atoms with Gasteiger partial charge in [-0.1, -0.05) is 72.7 Å². The predicted molar refractivity (Wildman–Crippen MR) is 87.7 cm³/mol. The van der Waals surface area contributed by atoms with E-state index >= 15 is 0 Å². The Balaban J connectivity index is 2.32. The predicted octanol–water partition coefficient (Wildman–Crippen LogP) is 5.74. The van der Waals surface area contributed by atoms with Gasteiger partial charge in [0.25, 0.3) is 0 Å². The first-order chi connectivity index (χ1) is 11.6. The maximum absolute atomic E-state index is 8.46. The molecular weight excluding hydrogens is 240 g/mol. The van der Waals surface area contributed by atoms with E-state index in [2.05, 4.69) is 6.07 Å². The van der Waals surface area contributed by atoms with E-state index in [0.29, 0.717) is 10.8 Å². The molecule has 0 heteroatoms. The standard InChI is InChI=1S/C20H12/c1-5-13-6-2-11-17-18-12-4-8-14-7-3-10-16(20(14)18)15(9-1)19(13)17/h1-12H/i1D,5D,6D,9D. The molecule has 0 heterocycles. The minimum absolute atomic E-state index is 0.0304. The van der Waals surface area contributed by atoms with Crippen LogP contribution in [0, 0.1) is 0 Å². The van der Waals surface area contributed by atoms with Gasteiger partial charge in [0.2, 0.25) is 0 Å². The maximum atomic E-state index is 8.46. The van der Waals surface area contributed by atoms with Crippen LogP contribution < -0.4 is 0 Å². The van der Waals surface area contributed by atoms with E-state index in [1.807, 2.05) is 36.4 Å². The van der Waals surface area contributed by atoms with Crippen molar-refractivity contribution in [1.82, 2.24) is 0 Å². The van der Waals surface area contributed by atoms with Gasteiger partial charge < -0.3 is 0 Å². The maximum Gasteiger partial charge on any atom is 0.0629 e. The van der Waals surface area contributed by atoms with Gasteiger partial charge in [0.15, 0.2) is 0 Å². The molecular formula is C20H12. The average molecular weight is 256 g/mol. The molecule has 0 unspecified atom stereocenters. The molecule has 0 fully saturated rings. The number of benzene rings is 5. The summed E-state index contributed by atoms with van der Waals surface area (Å²) in [5.74, 6) is 0. The molecule has 0 aromatic heterocycles. The van der Waals surface area contributed by atoms with E-state index in [-0.39, 0.29) is 24.2 Å². The van der Waals surface area contributed by atoms with Crippen LogP contribution in [-0.4, -0.2) is 0 Å². The smallest absolute Gasteiger partial charge is 0.0610 e. The quantitative estimate of drug-likeness (QED) is 0.245. The molecule has 0 atom stereocenters. The third-order valence-electron chi connectivity index (χ3n) is 4.09. The van der Waals surface area contributed by atoms with Crippen LogP contribution in [0.3, 0.4) is 0 Å². The van der Waals surface area contributed by atoms with Crippen LogP contribution in [0.2, 0.25) is 0 Å². The number of hydrogen-bond donors (Lipinski definition) is 0. The lowest BCUT2D eigenvalue weighted by atomic mass is 9.90. The van der Waals surface area contributed by atoms with Gasteiger partial charge in [0.1, 0.15) is 0 Å². The fraction of sp³-hybridized carbons (Fsp3) is 0. The summed E-state index contributed by atoms with van der Waals surface area (Å²) in [5.41, 5.74) is 0. The van der Waals surface area contributed by atoms with Crippen molar-refractivity contribution < 1.29 is 5.48 Å². The first-order valence-electron chi connectivity index (χ1n) is 8.65. The van der Waals surface area contributed by atoms with Crippen molar-refractivity contribution in [3.63, 3.8) is 0 Å². The molecule has 5 aromatic carbocycles. The molecule has 0 saturated heterocycles. The Morgan fingerprint density at radius 3 is 2.00 bits per heavy atom. The lowest BCUT2D eigenvalue weighted by molar-refractivity contribution is 1.78. The molecule has 0 aliphatic rings. The number of hydrogen-bond acceptors (Lipinski definition) is 0. The van der Waals surface area contributed by atoms with Crippen LogP contribution >= 0.6 is 0 Å². The monoisotopic (exact) mass is 256 g/mol. The van der Waals surface area contributed by atoms with E-state index in [1.165, 1.54) is 0 Å². The third-order valence-corrected chi connectivity index (χ3v) is 4.09. The molecule has 5 rings (SSSR count). The molecule has 20 heavy (non-hydrogen) atoms. The van der Waals surface area contributed by atoms with E-state index in [0.717, 1.165) is 32.3 Å². The van der Waals surface area contributed by atoms with Crippen LogP contribution in [0.25, 0.3) is 43.1 Å². The van der Waals surface area contributed by atoms with Crippen LogP contribution in [0.1, 0.15) is 5.48 Å².